The molecule has 1 aromatic rings. The van der Waals surface area contributed by atoms with Gasteiger partial charge in [0.2, 0.25) is 0 Å². The van der Waals surface area contributed by atoms with Crippen LogP contribution in [0.2, 0.25) is 0 Å². The minimum atomic E-state index is -0.0776. The van der Waals surface area contributed by atoms with Crippen molar-refractivity contribution in [2.75, 3.05) is 0 Å². The molecule has 2 heteroatoms. The van der Waals surface area contributed by atoms with Crippen LogP contribution in [0.15, 0.2) is 24.4 Å². The second-order valence-electron chi connectivity index (χ2n) is 3.11. The molecular weight excluding hydrogens is 148 g/mol. The van der Waals surface area contributed by atoms with E-state index in [1.807, 2.05) is 32.0 Å². The fraction of sp³-hybridized carbons (Fsp3) is 0.400. The third-order valence-corrected chi connectivity index (χ3v) is 1.81. The predicted octanol–water partition coefficient (Wildman–Crippen LogP) is 2.34. The van der Waals surface area contributed by atoms with Gasteiger partial charge in [-0.15, -0.1) is 0 Å². The van der Waals surface area contributed by atoms with E-state index in [0.717, 1.165) is 5.69 Å². The van der Waals surface area contributed by atoms with Crippen LogP contribution in [0, 0.1) is 17.2 Å². The molecule has 0 aliphatic rings. The Morgan fingerprint density at radius 3 is 2.58 bits per heavy atom. The normalized spacial score (nSPS) is 12.5. The molecule has 0 saturated carbocycles. The van der Waals surface area contributed by atoms with Gasteiger partial charge in [0.15, 0.2) is 0 Å². The molecule has 0 N–H and O–H groups in total. The minimum Gasteiger partial charge on any atom is -0.260 e. The van der Waals surface area contributed by atoms with E-state index >= 15 is 0 Å². The lowest BCUT2D eigenvalue weighted by Crippen LogP contribution is -2.05. The molecule has 2 nitrogen and oxygen atoms in total. The van der Waals surface area contributed by atoms with Crippen LogP contribution in [0.3, 0.4) is 0 Å². The number of nitrogens with zero attached hydrogens (tertiary/aromatic N) is 2. The van der Waals surface area contributed by atoms with Gasteiger partial charge >= 0.3 is 0 Å². The highest BCUT2D eigenvalue weighted by atomic mass is 14.7. The third kappa shape index (κ3) is 1.82. The summed E-state index contributed by atoms with van der Waals surface area (Å²) in [6, 6.07) is 7.92. The van der Waals surface area contributed by atoms with Crippen molar-refractivity contribution < 1.29 is 0 Å². The Balaban J connectivity index is 2.90. The number of pyridine rings is 1. The van der Waals surface area contributed by atoms with Crippen LogP contribution in [-0.4, -0.2) is 4.98 Å². The fourth-order valence-corrected chi connectivity index (χ4v) is 1.12. The van der Waals surface area contributed by atoms with Crippen molar-refractivity contribution in [3.05, 3.63) is 30.1 Å². The average Bonchev–Trinajstić information content (AvgIpc) is 2.07. The number of hydrogen-bond donors (Lipinski definition) is 0. The highest BCUT2D eigenvalue weighted by Gasteiger charge is 2.15. The van der Waals surface area contributed by atoms with E-state index in [2.05, 4.69) is 11.1 Å². The fourth-order valence-electron chi connectivity index (χ4n) is 1.12. The molecule has 0 saturated heterocycles. The third-order valence-electron chi connectivity index (χ3n) is 1.81. The number of hydrogen-bond acceptors (Lipinski definition) is 2. The molecule has 0 unspecified atom stereocenters. The van der Waals surface area contributed by atoms with Crippen molar-refractivity contribution >= 4 is 0 Å². The zero-order valence-electron chi connectivity index (χ0n) is 7.36. The van der Waals surface area contributed by atoms with Gasteiger partial charge in [-0.05, 0) is 18.1 Å². The zero-order chi connectivity index (χ0) is 8.97. The first-order chi connectivity index (χ1) is 5.75. The van der Waals surface area contributed by atoms with Crippen LogP contribution in [0.1, 0.15) is 25.5 Å². The van der Waals surface area contributed by atoms with Crippen molar-refractivity contribution in [1.29, 1.82) is 5.26 Å². The number of rotatable bonds is 2. The van der Waals surface area contributed by atoms with Gasteiger partial charge in [-0.25, -0.2) is 0 Å². The summed E-state index contributed by atoms with van der Waals surface area (Å²) in [5, 5.41) is 8.86. The van der Waals surface area contributed by atoms with Gasteiger partial charge in [0.25, 0.3) is 0 Å². The molecule has 0 aliphatic heterocycles. The van der Waals surface area contributed by atoms with Gasteiger partial charge in [0.05, 0.1) is 17.7 Å². The van der Waals surface area contributed by atoms with Crippen molar-refractivity contribution in [3.63, 3.8) is 0 Å². The first-order valence-corrected chi connectivity index (χ1v) is 4.06. The first kappa shape index (κ1) is 8.73. The summed E-state index contributed by atoms with van der Waals surface area (Å²) in [5.74, 6) is 0.246. The number of aromatic nitrogens is 1. The van der Waals surface area contributed by atoms with Crippen molar-refractivity contribution in [1.82, 2.24) is 4.98 Å². The molecule has 1 heterocycles. The molecule has 0 aromatic carbocycles. The van der Waals surface area contributed by atoms with E-state index in [1.165, 1.54) is 0 Å². The summed E-state index contributed by atoms with van der Waals surface area (Å²) in [5.41, 5.74) is 0.870. The van der Waals surface area contributed by atoms with Crippen LogP contribution in [0.5, 0.6) is 0 Å². The molecule has 0 spiro atoms. The lowest BCUT2D eigenvalue weighted by atomic mass is 9.94. The summed E-state index contributed by atoms with van der Waals surface area (Å²) in [4.78, 5) is 4.15. The Labute approximate surface area is 72.9 Å². The Morgan fingerprint density at radius 2 is 2.17 bits per heavy atom. The molecule has 1 aromatic heterocycles. The molecule has 0 radical (unpaired) electrons. The molecule has 1 atom stereocenters. The van der Waals surface area contributed by atoms with Crippen LogP contribution in [0.4, 0.5) is 0 Å². The van der Waals surface area contributed by atoms with Gasteiger partial charge in [-0.3, -0.25) is 4.98 Å². The van der Waals surface area contributed by atoms with Crippen LogP contribution in [0.25, 0.3) is 0 Å². The summed E-state index contributed by atoms with van der Waals surface area (Å²) in [6.45, 7) is 4.06. The Morgan fingerprint density at radius 1 is 1.42 bits per heavy atom. The summed E-state index contributed by atoms with van der Waals surface area (Å²) in [7, 11) is 0. The highest BCUT2D eigenvalue weighted by Crippen LogP contribution is 2.20. The predicted molar refractivity (Wildman–Crippen MR) is 47.4 cm³/mol. The average molecular weight is 160 g/mol. The second kappa shape index (κ2) is 3.87. The molecular formula is C10H12N2. The van der Waals surface area contributed by atoms with Gasteiger partial charge in [0, 0.05) is 6.20 Å². The summed E-state index contributed by atoms with van der Waals surface area (Å²) >= 11 is 0. The maximum Gasteiger partial charge on any atom is 0.0907 e. The maximum atomic E-state index is 8.86. The standard InChI is InChI=1S/C10H12N2/c1-8(2)9(7-11)10-5-3-4-6-12-10/h3-6,8-9H,1-2H3/t9-/m0/s1. The first-order valence-electron chi connectivity index (χ1n) is 4.06. The highest BCUT2D eigenvalue weighted by molar-refractivity contribution is 5.17. The lowest BCUT2D eigenvalue weighted by Gasteiger charge is -2.10. The van der Waals surface area contributed by atoms with Gasteiger partial charge < -0.3 is 0 Å². The van der Waals surface area contributed by atoms with E-state index in [1.54, 1.807) is 6.20 Å². The topological polar surface area (TPSA) is 36.7 Å². The van der Waals surface area contributed by atoms with E-state index < -0.39 is 0 Å². The minimum absolute atomic E-state index is 0.0776. The smallest absolute Gasteiger partial charge is 0.0907 e. The molecule has 0 aliphatic carbocycles. The molecule has 0 bridgehead atoms. The second-order valence-corrected chi connectivity index (χ2v) is 3.11. The van der Waals surface area contributed by atoms with Crippen LogP contribution in [-0.2, 0) is 0 Å². The maximum absolute atomic E-state index is 8.86. The summed E-state index contributed by atoms with van der Waals surface area (Å²) < 4.78 is 0. The molecule has 12 heavy (non-hydrogen) atoms. The molecule has 1 rings (SSSR count). The van der Waals surface area contributed by atoms with E-state index in [-0.39, 0.29) is 5.92 Å². The largest absolute Gasteiger partial charge is 0.260 e. The summed E-state index contributed by atoms with van der Waals surface area (Å²) in [6.07, 6.45) is 1.72. The van der Waals surface area contributed by atoms with Gasteiger partial charge in [0.1, 0.15) is 0 Å². The van der Waals surface area contributed by atoms with E-state index in [9.17, 15) is 0 Å². The van der Waals surface area contributed by atoms with E-state index in [0.29, 0.717) is 5.92 Å². The van der Waals surface area contributed by atoms with Gasteiger partial charge in [-0.1, -0.05) is 19.9 Å². The Hall–Kier alpha value is -1.36. The Kier molecular flexibility index (Phi) is 2.82. The van der Waals surface area contributed by atoms with Crippen LogP contribution < -0.4 is 0 Å². The number of nitriles is 1. The van der Waals surface area contributed by atoms with Crippen LogP contribution >= 0.6 is 0 Å². The quantitative estimate of drug-likeness (QED) is 0.665. The van der Waals surface area contributed by atoms with Crippen molar-refractivity contribution in [2.45, 2.75) is 19.8 Å². The molecule has 0 amide bonds. The Bertz CT molecular complexity index is 272. The van der Waals surface area contributed by atoms with Gasteiger partial charge in [-0.2, -0.15) is 5.26 Å². The molecule has 0 fully saturated rings. The zero-order valence-corrected chi connectivity index (χ0v) is 7.36. The molecule has 62 valence electrons. The monoisotopic (exact) mass is 160 g/mol. The van der Waals surface area contributed by atoms with E-state index in [4.69, 9.17) is 5.26 Å². The SMILES string of the molecule is CC(C)[C@H](C#N)c1ccccn1. The van der Waals surface area contributed by atoms with Crippen molar-refractivity contribution in [2.24, 2.45) is 5.92 Å². The lowest BCUT2D eigenvalue weighted by molar-refractivity contribution is 0.575. The van der Waals surface area contributed by atoms with Crippen molar-refractivity contribution in [3.8, 4) is 6.07 Å².